The molecule has 0 saturated carbocycles. The lowest BCUT2D eigenvalue weighted by Gasteiger charge is -2.12. The van der Waals surface area contributed by atoms with E-state index in [4.69, 9.17) is 17.3 Å². The number of rotatable bonds is 5. The van der Waals surface area contributed by atoms with Crippen LogP contribution in [0.2, 0.25) is 5.02 Å². The molecule has 0 spiro atoms. The first-order valence-electron chi connectivity index (χ1n) is 6.46. The lowest BCUT2D eigenvalue weighted by molar-refractivity contribution is 0.611. The van der Waals surface area contributed by atoms with Crippen molar-refractivity contribution in [2.45, 2.75) is 32.2 Å². The minimum absolute atomic E-state index is 0.0156. The fraction of sp³-hybridized carbons (Fsp3) is 0.429. The Hall–Kier alpha value is -1.39. The largest absolute Gasteiger partial charge is 0.327 e. The highest BCUT2D eigenvalue weighted by molar-refractivity contribution is 6.31. The number of halogens is 1. The van der Waals surface area contributed by atoms with Crippen LogP contribution in [-0.2, 0) is 26.3 Å². The average Bonchev–Trinajstić information content (AvgIpc) is 2.67. The van der Waals surface area contributed by atoms with E-state index in [1.54, 1.807) is 6.20 Å². The van der Waals surface area contributed by atoms with Crippen LogP contribution in [0.1, 0.15) is 23.9 Å². The molecule has 1 atom stereocenters. The van der Waals surface area contributed by atoms with E-state index >= 15 is 0 Å². The molecule has 19 heavy (non-hydrogen) atoms. The van der Waals surface area contributed by atoms with Gasteiger partial charge in [0.2, 0.25) is 0 Å². The van der Waals surface area contributed by atoms with E-state index in [0.29, 0.717) is 0 Å². The van der Waals surface area contributed by atoms with Gasteiger partial charge in [-0.2, -0.15) is 5.10 Å². The van der Waals surface area contributed by atoms with Crippen molar-refractivity contribution in [3.63, 3.8) is 0 Å². The summed E-state index contributed by atoms with van der Waals surface area (Å²) in [4.78, 5) is 4.10. The van der Waals surface area contributed by atoms with Crippen LogP contribution in [0.3, 0.4) is 0 Å². The zero-order valence-electron chi connectivity index (χ0n) is 11.3. The van der Waals surface area contributed by atoms with Crippen LogP contribution in [0.25, 0.3) is 0 Å². The van der Waals surface area contributed by atoms with Gasteiger partial charge in [0.15, 0.2) is 0 Å². The zero-order chi connectivity index (χ0) is 13.8. The number of nitrogens with two attached hydrogens (primary N) is 1. The molecular weight excluding hydrogens is 260 g/mol. The van der Waals surface area contributed by atoms with Crippen LogP contribution in [0.15, 0.2) is 24.5 Å². The predicted molar refractivity (Wildman–Crippen MR) is 77.2 cm³/mol. The standard InChI is InChI=1S/C14H19ClN4/c1-3-12-14(15)13(19(2)18-12)8-11(16)7-10-5-4-6-17-9-10/h4-6,9,11H,3,7-8,16H2,1-2H3. The minimum Gasteiger partial charge on any atom is -0.327 e. The summed E-state index contributed by atoms with van der Waals surface area (Å²) in [7, 11) is 1.91. The molecule has 0 bridgehead atoms. The van der Waals surface area contributed by atoms with Crippen LogP contribution < -0.4 is 5.73 Å². The Balaban J connectivity index is 2.07. The molecule has 0 amide bonds. The topological polar surface area (TPSA) is 56.7 Å². The average molecular weight is 279 g/mol. The lowest BCUT2D eigenvalue weighted by atomic mass is 10.0. The maximum absolute atomic E-state index is 6.33. The Morgan fingerprint density at radius 1 is 1.42 bits per heavy atom. The summed E-state index contributed by atoms with van der Waals surface area (Å²) in [6.45, 7) is 2.05. The number of hydrogen-bond donors (Lipinski definition) is 1. The smallest absolute Gasteiger partial charge is 0.0850 e. The zero-order valence-corrected chi connectivity index (χ0v) is 12.1. The number of hydrogen-bond acceptors (Lipinski definition) is 3. The Labute approximate surface area is 118 Å². The highest BCUT2D eigenvalue weighted by Gasteiger charge is 2.16. The van der Waals surface area contributed by atoms with Crippen LogP contribution in [0.5, 0.6) is 0 Å². The van der Waals surface area contributed by atoms with Gasteiger partial charge in [0.25, 0.3) is 0 Å². The van der Waals surface area contributed by atoms with Crippen molar-refractivity contribution in [2.24, 2.45) is 12.8 Å². The molecule has 2 rings (SSSR count). The fourth-order valence-corrected chi connectivity index (χ4v) is 2.55. The molecule has 1 unspecified atom stereocenters. The van der Waals surface area contributed by atoms with Gasteiger partial charge in [-0.15, -0.1) is 0 Å². The van der Waals surface area contributed by atoms with Crippen molar-refractivity contribution < 1.29 is 0 Å². The summed E-state index contributed by atoms with van der Waals surface area (Å²) in [6.07, 6.45) is 5.96. The molecule has 102 valence electrons. The van der Waals surface area contributed by atoms with E-state index in [0.717, 1.165) is 41.2 Å². The van der Waals surface area contributed by atoms with E-state index < -0.39 is 0 Å². The molecule has 2 heterocycles. The maximum Gasteiger partial charge on any atom is 0.0850 e. The molecule has 0 fully saturated rings. The van der Waals surface area contributed by atoms with E-state index in [1.807, 2.05) is 37.0 Å². The molecule has 2 aromatic rings. The molecule has 4 nitrogen and oxygen atoms in total. The van der Waals surface area contributed by atoms with Crippen molar-refractivity contribution in [3.05, 3.63) is 46.5 Å². The normalized spacial score (nSPS) is 12.6. The monoisotopic (exact) mass is 278 g/mol. The van der Waals surface area contributed by atoms with Crippen LogP contribution in [0.4, 0.5) is 0 Å². The number of nitrogens with zero attached hydrogens (tertiary/aromatic N) is 3. The second-order valence-corrected chi connectivity index (χ2v) is 5.09. The van der Waals surface area contributed by atoms with Crippen molar-refractivity contribution >= 4 is 11.6 Å². The summed E-state index contributed by atoms with van der Waals surface area (Å²) >= 11 is 6.33. The molecule has 0 radical (unpaired) electrons. The van der Waals surface area contributed by atoms with E-state index in [-0.39, 0.29) is 6.04 Å². The van der Waals surface area contributed by atoms with Gasteiger partial charge < -0.3 is 5.73 Å². The van der Waals surface area contributed by atoms with Crippen molar-refractivity contribution in [1.82, 2.24) is 14.8 Å². The molecule has 0 aromatic carbocycles. The number of aryl methyl sites for hydroxylation is 2. The van der Waals surface area contributed by atoms with Gasteiger partial charge in [0.1, 0.15) is 0 Å². The molecule has 2 aromatic heterocycles. The number of pyridine rings is 1. The maximum atomic E-state index is 6.33. The summed E-state index contributed by atoms with van der Waals surface area (Å²) in [5, 5.41) is 5.16. The van der Waals surface area contributed by atoms with Gasteiger partial charge in [-0.25, -0.2) is 0 Å². The van der Waals surface area contributed by atoms with Gasteiger partial charge in [-0.1, -0.05) is 24.6 Å². The first kappa shape index (κ1) is 14.0. The molecule has 0 aliphatic rings. The molecule has 0 saturated heterocycles. The third-order valence-corrected chi connectivity index (χ3v) is 3.62. The highest BCUT2D eigenvalue weighted by Crippen LogP contribution is 2.22. The third kappa shape index (κ3) is 3.33. The first-order chi connectivity index (χ1) is 9.11. The van der Waals surface area contributed by atoms with Gasteiger partial charge in [-0.05, 0) is 24.5 Å². The second kappa shape index (κ2) is 6.17. The van der Waals surface area contributed by atoms with Crippen molar-refractivity contribution in [3.8, 4) is 0 Å². The van der Waals surface area contributed by atoms with Gasteiger partial charge in [0, 0.05) is 31.9 Å². The second-order valence-electron chi connectivity index (χ2n) is 4.71. The first-order valence-corrected chi connectivity index (χ1v) is 6.84. The molecule has 5 heteroatoms. The Bertz CT molecular complexity index is 536. The molecule has 2 N–H and O–H groups in total. The van der Waals surface area contributed by atoms with Gasteiger partial charge >= 0.3 is 0 Å². The van der Waals surface area contributed by atoms with Gasteiger partial charge in [-0.3, -0.25) is 9.67 Å². The van der Waals surface area contributed by atoms with E-state index in [1.165, 1.54) is 0 Å². The van der Waals surface area contributed by atoms with Crippen molar-refractivity contribution in [2.75, 3.05) is 0 Å². The van der Waals surface area contributed by atoms with Crippen LogP contribution >= 0.6 is 11.6 Å². The van der Waals surface area contributed by atoms with Crippen LogP contribution in [-0.4, -0.2) is 20.8 Å². The third-order valence-electron chi connectivity index (χ3n) is 3.18. The number of aromatic nitrogens is 3. The molecule has 0 aliphatic heterocycles. The SMILES string of the molecule is CCc1nn(C)c(CC(N)Cc2cccnc2)c1Cl. The predicted octanol–water partition coefficient (Wildman–Crippen LogP) is 2.14. The summed E-state index contributed by atoms with van der Waals surface area (Å²) in [5.74, 6) is 0. The summed E-state index contributed by atoms with van der Waals surface area (Å²) < 4.78 is 1.84. The Morgan fingerprint density at radius 3 is 2.79 bits per heavy atom. The quantitative estimate of drug-likeness (QED) is 0.912. The molecule has 0 aliphatic carbocycles. The van der Waals surface area contributed by atoms with E-state index in [2.05, 4.69) is 10.1 Å². The lowest BCUT2D eigenvalue weighted by Crippen LogP contribution is -2.26. The summed E-state index contributed by atoms with van der Waals surface area (Å²) in [5.41, 5.74) is 9.29. The van der Waals surface area contributed by atoms with Crippen LogP contribution in [0, 0.1) is 0 Å². The Morgan fingerprint density at radius 2 is 2.21 bits per heavy atom. The Kier molecular flexibility index (Phi) is 4.56. The highest BCUT2D eigenvalue weighted by atomic mass is 35.5. The molecular formula is C14H19ClN4. The minimum atomic E-state index is 0.0156. The fourth-order valence-electron chi connectivity index (χ4n) is 2.18. The van der Waals surface area contributed by atoms with E-state index in [9.17, 15) is 0 Å². The summed E-state index contributed by atoms with van der Waals surface area (Å²) in [6, 6.07) is 3.98. The van der Waals surface area contributed by atoms with Gasteiger partial charge in [0.05, 0.1) is 16.4 Å². The van der Waals surface area contributed by atoms with Crippen molar-refractivity contribution in [1.29, 1.82) is 0 Å².